The molecule has 0 fully saturated rings. The van der Waals surface area contributed by atoms with Crippen molar-refractivity contribution in [3.8, 4) is 11.1 Å². The quantitative estimate of drug-likeness (QED) is 0.560. The van der Waals surface area contributed by atoms with Crippen molar-refractivity contribution in [2.24, 2.45) is 0 Å². The second-order valence-corrected chi connectivity index (χ2v) is 3.95. The summed E-state index contributed by atoms with van der Waals surface area (Å²) in [5.74, 6) is 0. The van der Waals surface area contributed by atoms with E-state index in [1.165, 1.54) is 0 Å². The molecule has 0 amide bonds. The molecule has 98 valence electrons. The molecule has 0 aliphatic rings. The molecule has 0 unspecified atom stereocenters. The first-order valence-corrected chi connectivity index (χ1v) is 5.99. The van der Waals surface area contributed by atoms with Gasteiger partial charge in [0.15, 0.2) is 0 Å². The Morgan fingerprint density at radius 1 is 0.895 bits per heavy atom. The van der Waals surface area contributed by atoms with E-state index in [1.807, 2.05) is 66.7 Å². The Hall–Kier alpha value is -1.60. The zero-order chi connectivity index (χ0) is 12.6. The molecule has 0 radical (unpaired) electrons. The van der Waals surface area contributed by atoms with Crippen LogP contribution in [0, 0.1) is 0 Å². The van der Waals surface area contributed by atoms with Crippen LogP contribution in [0.15, 0.2) is 78.9 Å². The summed E-state index contributed by atoms with van der Waals surface area (Å²) in [5, 5.41) is 9.07. The number of benzene rings is 1. The van der Waals surface area contributed by atoms with E-state index in [0.717, 1.165) is 16.7 Å². The molecular weight excluding hydrogens is 276 g/mol. The van der Waals surface area contributed by atoms with Crippen LogP contribution in [0.25, 0.3) is 11.1 Å². The van der Waals surface area contributed by atoms with Crippen LogP contribution in [0.1, 0.15) is 5.56 Å². The molecule has 3 aromatic carbocycles. The van der Waals surface area contributed by atoms with Crippen LogP contribution < -0.4 is 0 Å². The maximum absolute atomic E-state index is 9.07. The van der Waals surface area contributed by atoms with Crippen molar-refractivity contribution in [3.63, 3.8) is 0 Å². The van der Waals surface area contributed by atoms with Crippen molar-refractivity contribution in [2.45, 2.75) is 6.61 Å². The maximum Gasteiger partial charge on any atom is 2.00 e. The van der Waals surface area contributed by atoms with Gasteiger partial charge in [-0.2, -0.15) is 24.3 Å². The molecule has 0 atom stereocenters. The van der Waals surface area contributed by atoms with E-state index in [0.29, 0.717) is 0 Å². The molecule has 19 heavy (non-hydrogen) atoms. The minimum Gasteiger partial charge on any atom is -0.393 e. The van der Waals surface area contributed by atoms with E-state index in [4.69, 9.17) is 5.11 Å². The van der Waals surface area contributed by atoms with Gasteiger partial charge in [0, 0.05) is 0 Å². The van der Waals surface area contributed by atoms with Gasteiger partial charge in [0.1, 0.15) is 0 Å². The minimum absolute atomic E-state index is 0. The van der Waals surface area contributed by atoms with Crippen LogP contribution in [0.5, 0.6) is 0 Å². The SMILES string of the molecule is OCc1ccc[c-]1-c1ccccc1.[Fe+2].c1cc[cH-]c1. The molecule has 0 aliphatic heterocycles. The van der Waals surface area contributed by atoms with Gasteiger partial charge in [0.25, 0.3) is 0 Å². The zero-order valence-corrected chi connectivity index (χ0v) is 11.6. The summed E-state index contributed by atoms with van der Waals surface area (Å²) in [4.78, 5) is 0. The molecule has 2 heteroatoms. The fraction of sp³-hybridized carbons (Fsp3) is 0.0588. The number of hydrogen-bond acceptors (Lipinski definition) is 1. The summed E-state index contributed by atoms with van der Waals surface area (Å²) in [7, 11) is 0. The van der Waals surface area contributed by atoms with Crippen molar-refractivity contribution in [2.75, 3.05) is 0 Å². The molecule has 0 bridgehead atoms. The van der Waals surface area contributed by atoms with E-state index >= 15 is 0 Å². The first kappa shape index (κ1) is 15.5. The topological polar surface area (TPSA) is 20.2 Å². The van der Waals surface area contributed by atoms with Crippen LogP contribution >= 0.6 is 0 Å². The molecule has 1 nitrogen and oxygen atoms in total. The van der Waals surface area contributed by atoms with Gasteiger partial charge < -0.3 is 5.11 Å². The summed E-state index contributed by atoms with van der Waals surface area (Å²) in [6.07, 6.45) is 0. The molecule has 0 heterocycles. The van der Waals surface area contributed by atoms with Gasteiger partial charge in [-0.3, -0.25) is 0 Å². The molecule has 0 saturated carbocycles. The van der Waals surface area contributed by atoms with E-state index < -0.39 is 0 Å². The number of aliphatic hydroxyl groups is 1. The van der Waals surface area contributed by atoms with Crippen LogP contribution in [0.2, 0.25) is 0 Å². The normalized spacial score (nSPS) is 9.11. The third-order valence-electron chi connectivity index (χ3n) is 2.72. The van der Waals surface area contributed by atoms with E-state index in [1.54, 1.807) is 0 Å². The number of hydrogen-bond donors (Lipinski definition) is 1. The average Bonchev–Trinajstić information content (AvgIpc) is 3.13. The summed E-state index contributed by atoms with van der Waals surface area (Å²) in [5.41, 5.74) is 3.28. The van der Waals surface area contributed by atoms with Crippen molar-refractivity contribution in [1.82, 2.24) is 0 Å². The predicted octanol–water partition coefficient (Wildman–Crippen LogP) is 3.97. The Labute approximate surface area is 124 Å². The molecular formula is C17H16FeO. The van der Waals surface area contributed by atoms with Gasteiger partial charge in [-0.05, 0) is 0 Å². The second-order valence-electron chi connectivity index (χ2n) is 3.95. The first-order valence-electron chi connectivity index (χ1n) is 5.99. The fourth-order valence-corrected chi connectivity index (χ4v) is 1.82. The zero-order valence-electron chi connectivity index (χ0n) is 10.5. The summed E-state index contributed by atoms with van der Waals surface area (Å²) in [6, 6.07) is 26.0. The predicted molar refractivity (Wildman–Crippen MR) is 75.4 cm³/mol. The van der Waals surface area contributed by atoms with Gasteiger partial charge in [0.2, 0.25) is 0 Å². The maximum atomic E-state index is 9.07. The van der Waals surface area contributed by atoms with Gasteiger partial charge in [-0.25, -0.2) is 12.1 Å². The molecule has 0 saturated heterocycles. The van der Waals surface area contributed by atoms with Gasteiger partial charge in [-0.1, -0.05) is 29.3 Å². The smallest absolute Gasteiger partial charge is 0.393 e. The average molecular weight is 292 g/mol. The molecule has 0 aromatic heterocycles. The minimum atomic E-state index is 0. The van der Waals surface area contributed by atoms with Crippen LogP contribution in [-0.4, -0.2) is 5.11 Å². The molecule has 0 aliphatic carbocycles. The first-order chi connectivity index (χ1) is 8.92. The summed E-state index contributed by atoms with van der Waals surface area (Å²) >= 11 is 0. The fourth-order valence-electron chi connectivity index (χ4n) is 1.82. The largest absolute Gasteiger partial charge is 2.00 e. The molecule has 3 rings (SSSR count). The molecule has 1 N–H and O–H groups in total. The Bertz CT molecular complexity index is 520. The van der Waals surface area contributed by atoms with Gasteiger partial charge in [0.05, 0.1) is 6.61 Å². The molecule has 0 spiro atoms. The Kier molecular flexibility index (Phi) is 6.91. The number of aliphatic hydroxyl groups excluding tert-OH is 1. The second kappa shape index (κ2) is 8.49. The van der Waals surface area contributed by atoms with E-state index in [9.17, 15) is 0 Å². The third kappa shape index (κ3) is 4.53. The van der Waals surface area contributed by atoms with Gasteiger partial charge >= 0.3 is 17.1 Å². The summed E-state index contributed by atoms with van der Waals surface area (Å²) in [6.45, 7) is 0.108. The van der Waals surface area contributed by atoms with Crippen LogP contribution in [0.3, 0.4) is 0 Å². The standard InChI is InChI=1S/C12H11O.C5H5.Fe/c13-9-11-7-4-8-12(11)10-5-2-1-3-6-10;1-2-4-5-3-1;/h1-8,13H,9H2;1-5H;/q2*-1;+2. The Balaban J connectivity index is 0.000000256. The van der Waals surface area contributed by atoms with Crippen molar-refractivity contribution >= 4 is 0 Å². The number of rotatable bonds is 2. The van der Waals surface area contributed by atoms with E-state index in [-0.39, 0.29) is 23.7 Å². The van der Waals surface area contributed by atoms with Crippen molar-refractivity contribution < 1.29 is 22.2 Å². The third-order valence-corrected chi connectivity index (χ3v) is 2.72. The van der Waals surface area contributed by atoms with Crippen molar-refractivity contribution in [3.05, 3.63) is 84.4 Å². The molecule has 3 aromatic rings. The van der Waals surface area contributed by atoms with E-state index in [2.05, 4.69) is 12.1 Å². The Morgan fingerprint density at radius 3 is 2.11 bits per heavy atom. The Morgan fingerprint density at radius 2 is 1.58 bits per heavy atom. The van der Waals surface area contributed by atoms with Crippen molar-refractivity contribution in [1.29, 1.82) is 0 Å². The van der Waals surface area contributed by atoms with Gasteiger partial charge in [-0.15, -0.1) is 29.8 Å². The van der Waals surface area contributed by atoms with Crippen LogP contribution in [0.4, 0.5) is 0 Å². The monoisotopic (exact) mass is 292 g/mol. The summed E-state index contributed by atoms with van der Waals surface area (Å²) < 4.78 is 0. The van der Waals surface area contributed by atoms with Crippen LogP contribution in [-0.2, 0) is 23.7 Å².